The van der Waals surface area contributed by atoms with Gasteiger partial charge in [0.25, 0.3) is 0 Å². The van der Waals surface area contributed by atoms with Gasteiger partial charge in [0.15, 0.2) is 6.73 Å². The van der Waals surface area contributed by atoms with E-state index < -0.39 is 29.9 Å². The zero-order valence-corrected chi connectivity index (χ0v) is 14.5. The maximum atomic E-state index is 12.2. The molecule has 2 rings (SSSR count). The van der Waals surface area contributed by atoms with Gasteiger partial charge in [-0.15, -0.1) is 0 Å². The molecular formula is C17H17N3O7. The van der Waals surface area contributed by atoms with Crippen LogP contribution in [-0.2, 0) is 30.5 Å². The molecule has 10 heteroatoms. The first kappa shape index (κ1) is 19.8. The number of nitrogens with zero attached hydrogens (tertiary/aromatic N) is 3. The lowest BCUT2D eigenvalue weighted by molar-refractivity contribution is -0.139. The molecule has 0 bridgehead atoms. The summed E-state index contributed by atoms with van der Waals surface area (Å²) in [5, 5.41) is 0. The maximum absolute atomic E-state index is 12.2. The molecule has 10 nitrogen and oxygen atoms in total. The van der Waals surface area contributed by atoms with Crippen LogP contribution in [-0.4, -0.2) is 52.5 Å². The Kier molecular flexibility index (Phi) is 6.79. The van der Waals surface area contributed by atoms with Gasteiger partial charge >= 0.3 is 24.2 Å². The van der Waals surface area contributed by atoms with Crippen LogP contribution in [0.3, 0.4) is 0 Å². The van der Waals surface area contributed by atoms with Crippen LogP contribution in [0, 0.1) is 0 Å². The molecule has 0 aliphatic carbocycles. The summed E-state index contributed by atoms with van der Waals surface area (Å²) in [7, 11) is 0. The Hall–Kier alpha value is -3.52. The summed E-state index contributed by atoms with van der Waals surface area (Å²) in [5.74, 6) is -1.19. The van der Waals surface area contributed by atoms with Crippen LogP contribution in [0.2, 0.25) is 0 Å². The Morgan fingerprint density at radius 2 is 2.04 bits per heavy atom. The van der Waals surface area contributed by atoms with E-state index in [9.17, 15) is 19.2 Å². The number of ether oxygens (including phenoxy) is 3. The van der Waals surface area contributed by atoms with Crippen molar-refractivity contribution in [1.82, 2.24) is 4.90 Å². The number of esters is 2. The second-order valence-corrected chi connectivity index (χ2v) is 5.62. The van der Waals surface area contributed by atoms with E-state index in [-0.39, 0.29) is 26.2 Å². The van der Waals surface area contributed by atoms with Gasteiger partial charge in [0.1, 0.15) is 18.4 Å². The minimum absolute atomic E-state index is 0.0237. The second-order valence-electron chi connectivity index (χ2n) is 5.62. The van der Waals surface area contributed by atoms with Crippen molar-refractivity contribution in [2.45, 2.75) is 32.4 Å². The molecule has 1 heterocycles. The predicted molar refractivity (Wildman–Crippen MR) is 88.4 cm³/mol. The van der Waals surface area contributed by atoms with E-state index in [1.54, 1.807) is 24.3 Å². The van der Waals surface area contributed by atoms with E-state index in [1.165, 1.54) is 6.92 Å². The minimum Gasteiger partial charge on any atom is -0.444 e. The summed E-state index contributed by atoms with van der Waals surface area (Å²) in [5.41, 5.74) is 8.96. The third-order valence-corrected chi connectivity index (χ3v) is 3.64. The average Bonchev–Trinajstić information content (AvgIpc) is 2.99. The number of Topliss-reactive ketones (excluding diaryl/α,β-unsaturated/α-hetero) is 1. The zero-order valence-electron chi connectivity index (χ0n) is 14.5. The van der Waals surface area contributed by atoms with Crippen molar-refractivity contribution < 1.29 is 38.2 Å². The Morgan fingerprint density at radius 3 is 2.67 bits per heavy atom. The molecule has 0 spiro atoms. The summed E-state index contributed by atoms with van der Waals surface area (Å²) in [6.45, 7) is 0.957. The monoisotopic (exact) mass is 375 g/mol. The molecule has 1 aliphatic heterocycles. The number of amides is 1. The molecule has 1 atom stereocenters. The third kappa shape index (κ3) is 5.75. The first-order chi connectivity index (χ1) is 12.9. The first-order valence-corrected chi connectivity index (χ1v) is 7.98. The van der Waals surface area contributed by atoms with E-state index in [1.807, 2.05) is 0 Å². The Labute approximate surface area is 154 Å². The Morgan fingerprint density at radius 1 is 1.33 bits per heavy atom. The number of carbonyl (C=O) groups is 4. The highest BCUT2D eigenvalue weighted by Gasteiger charge is 2.38. The molecular weight excluding hydrogens is 358 g/mol. The van der Waals surface area contributed by atoms with E-state index in [0.29, 0.717) is 11.3 Å². The minimum atomic E-state index is -0.945. The van der Waals surface area contributed by atoms with E-state index in [2.05, 4.69) is 4.79 Å². The lowest BCUT2D eigenvalue weighted by atomic mass is 10.1. The fourth-order valence-corrected chi connectivity index (χ4v) is 2.36. The smallest absolute Gasteiger partial charge is 0.413 e. The molecule has 0 radical (unpaired) electrons. The molecule has 1 saturated heterocycles. The number of rotatable bonds is 7. The van der Waals surface area contributed by atoms with Gasteiger partial charge < -0.3 is 19.7 Å². The molecule has 1 aromatic carbocycles. The van der Waals surface area contributed by atoms with Crippen LogP contribution in [0.5, 0.6) is 5.75 Å². The van der Waals surface area contributed by atoms with Gasteiger partial charge in [0.05, 0.1) is 0 Å². The van der Waals surface area contributed by atoms with E-state index >= 15 is 0 Å². The Bertz CT molecular complexity index is 784. The second kappa shape index (κ2) is 9.25. The highest BCUT2D eigenvalue weighted by Crippen LogP contribution is 2.19. The standard InChI is InChI=1S/C17H17N3O7/c1-11(21)27-14-5-2-12(3-6-14)9-25-17(24)20-10-26-16(23)15(20)7-4-13(22)8-19-18/h2-3,5-6,8,15H,4,7,9-10H2,1H3. The normalized spacial score (nSPS) is 15.5. The molecule has 27 heavy (non-hydrogen) atoms. The summed E-state index contributed by atoms with van der Waals surface area (Å²) >= 11 is 0. The lowest BCUT2D eigenvalue weighted by Crippen LogP contribution is -2.38. The van der Waals surface area contributed by atoms with Crippen LogP contribution in [0.15, 0.2) is 24.3 Å². The summed E-state index contributed by atoms with van der Waals surface area (Å²) in [6.07, 6.45) is -0.109. The lowest BCUT2D eigenvalue weighted by Gasteiger charge is -2.19. The number of carbonyl (C=O) groups excluding carboxylic acids is 4. The fraction of sp³-hybridized carbons (Fsp3) is 0.353. The molecule has 0 N–H and O–H groups in total. The maximum Gasteiger partial charge on any atom is 0.413 e. The van der Waals surface area contributed by atoms with Gasteiger partial charge in [0.2, 0.25) is 5.78 Å². The van der Waals surface area contributed by atoms with E-state index in [0.717, 1.165) is 11.1 Å². The number of cyclic esters (lactones) is 1. The van der Waals surface area contributed by atoms with Gasteiger partial charge in [-0.2, -0.15) is 4.79 Å². The molecule has 142 valence electrons. The fourth-order valence-electron chi connectivity index (χ4n) is 2.36. The van der Waals surface area contributed by atoms with Gasteiger partial charge in [-0.25, -0.2) is 9.59 Å². The molecule has 1 aromatic rings. The molecule has 1 amide bonds. The highest BCUT2D eigenvalue weighted by molar-refractivity contribution is 6.25. The first-order valence-electron chi connectivity index (χ1n) is 7.98. The third-order valence-electron chi connectivity index (χ3n) is 3.64. The van der Waals surface area contributed by atoms with Crippen molar-refractivity contribution in [2.24, 2.45) is 0 Å². The molecule has 1 fully saturated rings. The highest BCUT2D eigenvalue weighted by atomic mass is 16.6. The SMILES string of the molecule is CC(=O)Oc1ccc(COC(=O)N2COC(=O)C2CCC(=O)C=[N+]=[N-])cc1. The largest absolute Gasteiger partial charge is 0.444 e. The summed E-state index contributed by atoms with van der Waals surface area (Å²) in [4.78, 5) is 49.9. The summed E-state index contributed by atoms with van der Waals surface area (Å²) < 4.78 is 14.9. The number of ketones is 1. The molecule has 0 aromatic heterocycles. The Balaban J connectivity index is 1.89. The van der Waals surface area contributed by atoms with Crippen LogP contribution in [0.25, 0.3) is 5.53 Å². The van der Waals surface area contributed by atoms with Crippen molar-refractivity contribution in [2.75, 3.05) is 6.73 Å². The summed E-state index contributed by atoms with van der Waals surface area (Å²) in [6, 6.07) is 5.43. The zero-order chi connectivity index (χ0) is 19.8. The predicted octanol–water partition coefficient (Wildman–Crippen LogP) is 1.08. The topological polar surface area (TPSA) is 136 Å². The van der Waals surface area contributed by atoms with Crippen LogP contribution >= 0.6 is 0 Å². The van der Waals surface area contributed by atoms with Gasteiger partial charge in [-0.3, -0.25) is 14.5 Å². The van der Waals surface area contributed by atoms with Crippen molar-refractivity contribution >= 4 is 30.0 Å². The average molecular weight is 375 g/mol. The number of hydrogen-bond donors (Lipinski definition) is 0. The van der Waals surface area contributed by atoms with Crippen molar-refractivity contribution in [3.05, 3.63) is 35.4 Å². The molecule has 1 aliphatic rings. The quantitative estimate of drug-likeness (QED) is 0.229. The van der Waals surface area contributed by atoms with Gasteiger partial charge in [0, 0.05) is 13.3 Å². The number of benzene rings is 1. The number of hydrogen-bond acceptors (Lipinski definition) is 7. The van der Waals surface area contributed by atoms with Crippen molar-refractivity contribution in [3.63, 3.8) is 0 Å². The van der Waals surface area contributed by atoms with Crippen molar-refractivity contribution in [3.8, 4) is 5.75 Å². The van der Waals surface area contributed by atoms with Crippen LogP contribution < -0.4 is 4.74 Å². The molecule has 0 saturated carbocycles. The van der Waals surface area contributed by atoms with Gasteiger partial charge in [-0.05, 0) is 24.1 Å². The van der Waals surface area contributed by atoms with E-state index in [4.69, 9.17) is 19.7 Å². The van der Waals surface area contributed by atoms with Gasteiger partial charge in [-0.1, -0.05) is 12.1 Å². The van der Waals surface area contributed by atoms with Crippen LogP contribution in [0.1, 0.15) is 25.3 Å². The van der Waals surface area contributed by atoms with Crippen molar-refractivity contribution in [1.29, 1.82) is 0 Å². The molecule has 1 unspecified atom stereocenters. The van der Waals surface area contributed by atoms with Crippen LogP contribution in [0.4, 0.5) is 4.79 Å².